The van der Waals surface area contributed by atoms with Gasteiger partial charge in [0.05, 0.1) is 19.8 Å². The molecule has 1 fully saturated rings. The van der Waals surface area contributed by atoms with Crippen molar-refractivity contribution in [2.24, 2.45) is 0 Å². The SMILES string of the molecule is COc1ccc(CCc2ccccc2)c(OCC[C@@H]2C[C@@H](O)CN2C)c1.Cl. The number of aryl methyl sites for hydroxylation is 2. The number of hydrogen-bond donors (Lipinski definition) is 1. The van der Waals surface area contributed by atoms with Crippen LogP contribution >= 0.6 is 12.4 Å². The first-order chi connectivity index (χ1) is 12.7. The second kappa shape index (κ2) is 10.5. The average molecular weight is 392 g/mol. The second-order valence-corrected chi connectivity index (χ2v) is 7.08. The van der Waals surface area contributed by atoms with Gasteiger partial charge in [-0.1, -0.05) is 36.4 Å². The zero-order valence-electron chi connectivity index (χ0n) is 16.1. The van der Waals surface area contributed by atoms with Gasteiger partial charge >= 0.3 is 0 Å². The van der Waals surface area contributed by atoms with Gasteiger partial charge in [0.2, 0.25) is 0 Å². The molecule has 0 saturated carbocycles. The summed E-state index contributed by atoms with van der Waals surface area (Å²) in [7, 11) is 3.75. The van der Waals surface area contributed by atoms with Crippen molar-refractivity contribution in [1.82, 2.24) is 4.90 Å². The largest absolute Gasteiger partial charge is 0.497 e. The number of β-amino-alcohol motifs (C(OH)–C–C–N with tert-alkyl or cyclic N) is 1. The van der Waals surface area contributed by atoms with Crippen LogP contribution in [0.3, 0.4) is 0 Å². The lowest BCUT2D eigenvalue weighted by molar-refractivity contribution is 0.182. The minimum absolute atomic E-state index is 0. The van der Waals surface area contributed by atoms with Gasteiger partial charge in [0.15, 0.2) is 0 Å². The third-order valence-corrected chi connectivity index (χ3v) is 5.18. The van der Waals surface area contributed by atoms with E-state index in [-0.39, 0.29) is 18.5 Å². The van der Waals surface area contributed by atoms with Crippen LogP contribution in [0.25, 0.3) is 0 Å². The maximum absolute atomic E-state index is 9.78. The summed E-state index contributed by atoms with van der Waals surface area (Å²) in [6, 6.07) is 17.0. The first-order valence-electron chi connectivity index (χ1n) is 9.37. The van der Waals surface area contributed by atoms with Crippen molar-refractivity contribution >= 4 is 12.4 Å². The van der Waals surface area contributed by atoms with Gasteiger partial charge < -0.3 is 19.5 Å². The van der Waals surface area contributed by atoms with Crippen LogP contribution in [-0.2, 0) is 12.8 Å². The van der Waals surface area contributed by atoms with E-state index in [4.69, 9.17) is 9.47 Å². The van der Waals surface area contributed by atoms with Crippen LogP contribution in [-0.4, -0.2) is 49.5 Å². The monoisotopic (exact) mass is 391 g/mol. The van der Waals surface area contributed by atoms with Crippen LogP contribution < -0.4 is 9.47 Å². The molecule has 0 radical (unpaired) electrons. The van der Waals surface area contributed by atoms with Crippen molar-refractivity contribution in [2.75, 3.05) is 27.3 Å². The first kappa shape index (κ1) is 21.5. The molecular weight excluding hydrogens is 362 g/mol. The minimum Gasteiger partial charge on any atom is -0.497 e. The number of rotatable bonds is 8. The molecule has 0 aliphatic carbocycles. The van der Waals surface area contributed by atoms with E-state index in [1.165, 1.54) is 11.1 Å². The second-order valence-electron chi connectivity index (χ2n) is 7.08. The number of methoxy groups -OCH3 is 1. The third-order valence-electron chi connectivity index (χ3n) is 5.18. The number of likely N-dealkylation sites (N-methyl/N-ethyl adjacent to an activating group) is 1. The molecule has 0 amide bonds. The maximum Gasteiger partial charge on any atom is 0.126 e. The molecule has 1 saturated heterocycles. The summed E-state index contributed by atoms with van der Waals surface area (Å²) >= 11 is 0. The minimum atomic E-state index is -0.205. The molecule has 0 bridgehead atoms. The lowest BCUT2D eigenvalue weighted by Crippen LogP contribution is -2.26. The molecule has 2 aromatic carbocycles. The summed E-state index contributed by atoms with van der Waals surface area (Å²) in [6.45, 7) is 1.40. The predicted molar refractivity (Wildman–Crippen MR) is 111 cm³/mol. The summed E-state index contributed by atoms with van der Waals surface area (Å²) in [5.74, 6) is 1.72. The quantitative estimate of drug-likeness (QED) is 0.744. The van der Waals surface area contributed by atoms with Gasteiger partial charge in [-0.15, -0.1) is 12.4 Å². The van der Waals surface area contributed by atoms with Gasteiger partial charge in [0.25, 0.3) is 0 Å². The van der Waals surface area contributed by atoms with Crippen molar-refractivity contribution in [2.45, 2.75) is 37.8 Å². The Balaban J connectivity index is 0.00000261. The maximum atomic E-state index is 9.78. The van der Waals surface area contributed by atoms with E-state index < -0.39 is 0 Å². The molecule has 0 aromatic heterocycles. The standard InChI is InChI=1S/C22H29NO3.ClH/c1-23-16-20(24)14-19(23)12-13-26-22-15-21(25-2)11-10-18(22)9-8-17-6-4-3-5-7-17;/h3-7,10-11,15,19-20,24H,8-9,12-14,16H2,1-2H3;1H/t19-,20-;/m1./s1. The van der Waals surface area contributed by atoms with E-state index in [9.17, 15) is 5.11 Å². The molecular formula is C22H30ClNO3. The van der Waals surface area contributed by atoms with E-state index >= 15 is 0 Å². The highest BCUT2D eigenvalue weighted by molar-refractivity contribution is 5.85. The number of hydrogen-bond acceptors (Lipinski definition) is 4. The van der Waals surface area contributed by atoms with E-state index in [1.54, 1.807) is 7.11 Å². The van der Waals surface area contributed by atoms with E-state index in [2.05, 4.69) is 42.3 Å². The Morgan fingerprint density at radius 3 is 2.56 bits per heavy atom. The predicted octanol–water partition coefficient (Wildman–Crippen LogP) is 3.74. The highest BCUT2D eigenvalue weighted by Crippen LogP contribution is 2.27. The molecule has 1 aliphatic heterocycles. The van der Waals surface area contributed by atoms with Crippen LogP contribution in [0.4, 0.5) is 0 Å². The molecule has 27 heavy (non-hydrogen) atoms. The van der Waals surface area contributed by atoms with Gasteiger partial charge in [-0.25, -0.2) is 0 Å². The molecule has 1 N–H and O–H groups in total. The summed E-state index contributed by atoms with van der Waals surface area (Å²) in [5.41, 5.74) is 2.53. The zero-order valence-corrected chi connectivity index (χ0v) is 17.0. The number of halogens is 1. The number of ether oxygens (including phenoxy) is 2. The molecule has 2 atom stereocenters. The number of likely N-dealkylation sites (tertiary alicyclic amines) is 1. The number of nitrogens with zero attached hydrogens (tertiary/aromatic N) is 1. The topological polar surface area (TPSA) is 41.9 Å². The van der Waals surface area contributed by atoms with Crippen LogP contribution in [0, 0.1) is 0 Å². The van der Waals surface area contributed by atoms with Crippen LogP contribution in [0.5, 0.6) is 11.5 Å². The van der Waals surface area contributed by atoms with Crippen molar-refractivity contribution in [1.29, 1.82) is 0 Å². The molecule has 4 nitrogen and oxygen atoms in total. The van der Waals surface area contributed by atoms with Crippen LogP contribution in [0.15, 0.2) is 48.5 Å². The lowest BCUT2D eigenvalue weighted by atomic mass is 10.0. The van der Waals surface area contributed by atoms with Gasteiger partial charge in [-0.05, 0) is 49.9 Å². The van der Waals surface area contributed by atoms with Gasteiger partial charge in [-0.3, -0.25) is 0 Å². The first-order valence-corrected chi connectivity index (χ1v) is 9.37. The Morgan fingerprint density at radius 2 is 1.89 bits per heavy atom. The van der Waals surface area contributed by atoms with E-state index in [0.717, 1.165) is 43.7 Å². The van der Waals surface area contributed by atoms with E-state index in [1.807, 2.05) is 18.2 Å². The van der Waals surface area contributed by atoms with Crippen molar-refractivity contribution in [3.63, 3.8) is 0 Å². The Labute approximate surface area is 168 Å². The fourth-order valence-electron chi connectivity index (χ4n) is 3.62. The molecule has 2 aromatic rings. The number of benzene rings is 2. The Bertz CT molecular complexity index is 695. The Hall–Kier alpha value is -1.75. The highest BCUT2D eigenvalue weighted by atomic mass is 35.5. The molecule has 0 spiro atoms. The van der Waals surface area contributed by atoms with Gasteiger partial charge in [0.1, 0.15) is 11.5 Å². The number of aliphatic hydroxyl groups is 1. The molecule has 5 heteroatoms. The molecule has 1 heterocycles. The molecule has 0 unspecified atom stereocenters. The summed E-state index contributed by atoms with van der Waals surface area (Å²) in [6.07, 6.45) is 3.47. The Morgan fingerprint density at radius 1 is 1.11 bits per heavy atom. The molecule has 148 valence electrons. The van der Waals surface area contributed by atoms with Crippen LogP contribution in [0.2, 0.25) is 0 Å². The van der Waals surface area contributed by atoms with Gasteiger partial charge in [0, 0.05) is 18.7 Å². The summed E-state index contributed by atoms with van der Waals surface area (Å²) in [5, 5.41) is 9.78. The average Bonchev–Trinajstić information content (AvgIpc) is 2.98. The van der Waals surface area contributed by atoms with E-state index in [0.29, 0.717) is 12.6 Å². The van der Waals surface area contributed by atoms with Crippen LogP contribution in [0.1, 0.15) is 24.0 Å². The zero-order chi connectivity index (χ0) is 18.4. The van der Waals surface area contributed by atoms with Gasteiger partial charge in [-0.2, -0.15) is 0 Å². The summed E-state index contributed by atoms with van der Waals surface area (Å²) in [4.78, 5) is 2.22. The third kappa shape index (κ3) is 6.13. The summed E-state index contributed by atoms with van der Waals surface area (Å²) < 4.78 is 11.5. The van der Waals surface area contributed by atoms with Crippen molar-refractivity contribution in [3.8, 4) is 11.5 Å². The van der Waals surface area contributed by atoms with Crippen molar-refractivity contribution < 1.29 is 14.6 Å². The smallest absolute Gasteiger partial charge is 0.126 e. The lowest BCUT2D eigenvalue weighted by Gasteiger charge is -2.20. The fraction of sp³-hybridized carbons (Fsp3) is 0.455. The Kier molecular flexibility index (Phi) is 8.42. The molecule has 3 rings (SSSR count). The van der Waals surface area contributed by atoms with Crippen molar-refractivity contribution in [3.05, 3.63) is 59.7 Å². The molecule has 1 aliphatic rings. The normalized spacial score (nSPS) is 19.5. The highest BCUT2D eigenvalue weighted by Gasteiger charge is 2.27. The number of aliphatic hydroxyl groups excluding tert-OH is 1. The fourth-order valence-corrected chi connectivity index (χ4v) is 3.62.